The maximum atomic E-state index is 12.3. The van der Waals surface area contributed by atoms with Crippen LogP contribution in [-0.4, -0.2) is 19.0 Å². The van der Waals surface area contributed by atoms with Gasteiger partial charge in [-0.25, -0.2) is 0 Å². The smallest absolute Gasteiger partial charge is 0.226 e. The van der Waals surface area contributed by atoms with Gasteiger partial charge in [-0.1, -0.05) is 32.0 Å². The van der Waals surface area contributed by atoms with Crippen LogP contribution < -0.4 is 10.2 Å². The maximum absolute atomic E-state index is 12.3. The number of benzene rings is 1. The van der Waals surface area contributed by atoms with Gasteiger partial charge in [0.1, 0.15) is 0 Å². The highest BCUT2D eigenvalue weighted by Crippen LogP contribution is 2.33. The van der Waals surface area contributed by atoms with Crippen molar-refractivity contribution in [3.8, 4) is 0 Å². The summed E-state index contributed by atoms with van der Waals surface area (Å²) in [4.78, 5) is 14.3. The first-order valence-electron chi connectivity index (χ1n) is 7.40. The van der Waals surface area contributed by atoms with Crippen molar-refractivity contribution in [2.45, 2.75) is 45.6 Å². The fourth-order valence-electron chi connectivity index (χ4n) is 2.82. The number of rotatable bonds is 4. The van der Waals surface area contributed by atoms with Gasteiger partial charge in [-0.3, -0.25) is 4.79 Å². The predicted molar refractivity (Wildman–Crippen MR) is 79.4 cm³/mol. The normalized spacial score (nSPS) is 18.8. The molecule has 1 aromatic rings. The van der Waals surface area contributed by atoms with E-state index in [1.54, 1.807) is 0 Å². The monoisotopic (exact) mass is 260 g/mol. The lowest BCUT2D eigenvalue weighted by molar-refractivity contribution is -0.118. The van der Waals surface area contributed by atoms with Crippen molar-refractivity contribution < 1.29 is 4.79 Å². The second-order valence-corrected chi connectivity index (χ2v) is 5.11. The lowest BCUT2D eigenvalue weighted by Gasteiger charge is -2.24. The zero-order valence-electron chi connectivity index (χ0n) is 12.0. The number of para-hydroxylation sites is 1. The van der Waals surface area contributed by atoms with E-state index < -0.39 is 0 Å². The molecule has 0 bridgehead atoms. The van der Waals surface area contributed by atoms with Gasteiger partial charge in [0.05, 0.1) is 0 Å². The van der Waals surface area contributed by atoms with Crippen molar-refractivity contribution in [3.63, 3.8) is 0 Å². The minimum atomic E-state index is 0.257. The number of amides is 1. The quantitative estimate of drug-likeness (QED) is 0.901. The topological polar surface area (TPSA) is 32.3 Å². The van der Waals surface area contributed by atoms with Crippen LogP contribution in [0, 0.1) is 0 Å². The van der Waals surface area contributed by atoms with Crippen LogP contribution in [0.25, 0.3) is 0 Å². The van der Waals surface area contributed by atoms with E-state index in [-0.39, 0.29) is 5.91 Å². The van der Waals surface area contributed by atoms with Crippen LogP contribution in [0.5, 0.6) is 0 Å². The number of anilines is 1. The lowest BCUT2D eigenvalue weighted by Crippen LogP contribution is -2.31. The van der Waals surface area contributed by atoms with Gasteiger partial charge in [0.15, 0.2) is 0 Å². The van der Waals surface area contributed by atoms with Crippen LogP contribution in [0.1, 0.15) is 51.1 Å². The molecule has 0 spiro atoms. The lowest BCUT2D eigenvalue weighted by atomic mass is 10.0. The molecule has 0 saturated carbocycles. The molecule has 1 unspecified atom stereocenters. The molecule has 3 nitrogen and oxygen atoms in total. The van der Waals surface area contributed by atoms with E-state index in [1.165, 1.54) is 5.56 Å². The van der Waals surface area contributed by atoms with E-state index >= 15 is 0 Å². The molecule has 1 amide bonds. The molecule has 104 valence electrons. The van der Waals surface area contributed by atoms with Gasteiger partial charge in [-0.05, 0) is 37.4 Å². The summed E-state index contributed by atoms with van der Waals surface area (Å²) in [5, 5.41) is 3.53. The standard InChI is InChI=1S/C16H24N2O/c1-3-8-16(19)18-12-7-10-14(17-4-2)13-9-5-6-11-15(13)18/h5-6,9,11,14,17H,3-4,7-8,10,12H2,1-2H3. The predicted octanol–water partition coefficient (Wildman–Crippen LogP) is 3.26. The average Bonchev–Trinajstić information content (AvgIpc) is 2.60. The SMILES string of the molecule is CCCC(=O)N1CCCC(NCC)c2ccccc21. The summed E-state index contributed by atoms with van der Waals surface area (Å²) < 4.78 is 0. The molecular formula is C16H24N2O. The highest BCUT2D eigenvalue weighted by atomic mass is 16.2. The highest BCUT2D eigenvalue weighted by Gasteiger charge is 2.24. The van der Waals surface area contributed by atoms with Crippen LogP contribution in [0.3, 0.4) is 0 Å². The number of nitrogens with zero attached hydrogens (tertiary/aromatic N) is 1. The molecule has 3 heteroatoms. The van der Waals surface area contributed by atoms with E-state index in [0.29, 0.717) is 12.5 Å². The zero-order chi connectivity index (χ0) is 13.7. The van der Waals surface area contributed by atoms with Crippen LogP contribution in [0.15, 0.2) is 24.3 Å². The molecule has 1 heterocycles. The van der Waals surface area contributed by atoms with Crippen molar-refractivity contribution in [3.05, 3.63) is 29.8 Å². The molecule has 0 fully saturated rings. The average molecular weight is 260 g/mol. The summed E-state index contributed by atoms with van der Waals surface area (Å²) in [7, 11) is 0. The molecule has 1 aliphatic rings. The Hall–Kier alpha value is -1.35. The summed E-state index contributed by atoms with van der Waals surface area (Å²) >= 11 is 0. The second-order valence-electron chi connectivity index (χ2n) is 5.11. The minimum absolute atomic E-state index is 0.257. The third-order valence-corrected chi connectivity index (χ3v) is 3.69. The van der Waals surface area contributed by atoms with E-state index in [1.807, 2.05) is 11.0 Å². The van der Waals surface area contributed by atoms with Gasteiger partial charge in [0, 0.05) is 24.7 Å². The molecule has 0 aliphatic carbocycles. The Bertz CT molecular complexity index is 431. The molecule has 2 rings (SSSR count). The van der Waals surface area contributed by atoms with Gasteiger partial charge in [0.25, 0.3) is 0 Å². The van der Waals surface area contributed by atoms with E-state index in [9.17, 15) is 4.79 Å². The molecule has 1 N–H and O–H groups in total. The summed E-state index contributed by atoms with van der Waals surface area (Å²) in [6, 6.07) is 8.70. The van der Waals surface area contributed by atoms with Crippen molar-refractivity contribution in [1.82, 2.24) is 5.32 Å². The van der Waals surface area contributed by atoms with Gasteiger partial charge < -0.3 is 10.2 Å². The molecule has 1 aliphatic heterocycles. The summed E-state index contributed by atoms with van der Waals surface area (Å²) in [6.45, 7) is 6.00. The number of hydrogen-bond acceptors (Lipinski definition) is 2. The van der Waals surface area contributed by atoms with Crippen LogP contribution in [0.4, 0.5) is 5.69 Å². The van der Waals surface area contributed by atoms with Gasteiger partial charge in [0.2, 0.25) is 5.91 Å². The van der Waals surface area contributed by atoms with Crippen LogP contribution >= 0.6 is 0 Å². The zero-order valence-corrected chi connectivity index (χ0v) is 12.0. The summed E-state index contributed by atoms with van der Waals surface area (Å²) in [5.74, 6) is 0.257. The van der Waals surface area contributed by atoms with E-state index in [2.05, 4.69) is 37.4 Å². The Morgan fingerprint density at radius 3 is 2.89 bits per heavy atom. The fourth-order valence-corrected chi connectivity index (χ4v) is 2.82. The number of fused-ring (bicyclic) bond motifs is 1. The Morgan fingerprint density at radius 2 is 2.16 bits per heavy atom. The van der Waals surface area contributed by atoms with Crippen molar-refractivity contribution in [2.75, 3.05) is 18.0 Å². The first-order chi connectivity index (χ1) is 9.27. The van der Waals surface area contributed by atoms with Crippen LogP contribution in [-0.2, 0) is 4.79 Å². The minimum Gasteiger partial charge on any atom is -0.312 e. The Morgan fingerprint density at radius 1 is 1.37 bits per heavy atom. The number of nitrogens with one attached hydrogen (secondary N) is 1. The first kappa shape index (κ1) is 14.1. The van der Waals surface area contributed by atoms with Crippen molar-refractivity contribution in [2.24, 2.45) is 0 Å². The number of hydrogen-bond donors (Lipinski definition) is 1. The fraction of sp³-hybridized carbons (Fsp3) is 0.562. The van der Waals surface area contributed by atoms with Gasteiger partial charge in [-0.2, -0.15) is 0 Å². The van der Waals surface area contributed by atoms with E-state index in [4.69, 9.17) is 0 Å². The molecule has 19 heavy (non-hydrogen) atoms. The summed E-state index contributed by atoms with van der Waals surface area (Å²) in [6.07, 6.45) is 3.71. The number of carbonyl (C=O) groups excluding carboxylic acids is 1. The first-order valence-corrected chi connectivity index (χ1v) is 7.40. The Labute approximate surface area is 116 Å². The molecular weight excluding hydrogens is 236 g/mol. The highest BCUT2D eigenvalue weighted by molar-refractivity contribution is 5.94. The van der Waals surface area contributed by atoms with Gasteiger partial charge >= 0.3 is 0 Å². The molecule has 1 aromatic carbocycles. The third kappa shape index (κ3) is 3.16. The van der Waals surface area contributed by atoms with Crippen LogP contribution in [0.2, 0.25) is 0 Å². The van der Waals surface area contributed by atoms with Gasteiger partial charge in [-0.15, -0.1) is 0 Å². The maximum Gasteiger partial charge on any atom is 0.226 e. The number of carbonyl (C=O) groups is 1. The Balaban J connectivity index is 2.32. The largest absolute Gasteiger partial charge is 0.312 e. The second kappa shape index (κ2) is 6.71. The van der Waals surface area contributed by atoms with Crippen molar-refractivity contribution in [1.29, 1.82) is 0 Å². The van der Waals surface area contributed by atoms with E-state index in [0.717, 1.165) is 38.0 Å². The van der Waals surface area contributed by atoms with Crippen molar-refractivity contribution >= 4 is 11.6 Å². The summed E-state index contributed by atoms with van der Waals surface area (Å²) in [5.41, 5.74) is 2.37. The molecule has 1 atom stereocenters. The molecule has 0 aromatic heterocycles. The molecule has 0 radical (unpaired) electrons. The third-order valence-electron chi connectivity index (χ3n) is 3.69. The Kier molecular flexibility index (Phi) is 4.97. The molecule has 0 saturated heterocycles.